The zero-order chi connectivity index (χ0) is 34.2. The Morgan fingerprint density at radius 1 is 0.216 bits per heavy atom. The van der Waals surface area contributed by atoms with E-state index in [4.69, 9.17) is 0 Å². The minimum absolute atomic E-state index is 0.101. The molecule has 0 heterocycles. The van der Waals surface area contributed by atoms with Crippen molar-refractivity contribution in [2.24, 2.45) is 0 Å². The van der Waals surface area contributed by atoms with Gasteiger partial charge in [0.25, 0.3) is 0 Å². The maximum Gasteiger partial charge on any atom is 0.0462 e. The zero-order valence-electron chi connectivity index (χ0n) is 28.3. The molecule has 0 fully saturated rings. The van der Waals surface area contributed by atoms with Gasteiger partial charge in [0.2, 0.25) is 0 Å². The molecule has 0 aliphatic rings. The van der Waals surface area contributed by atoms with Crippen molar-refractivity contribution in [3.05, 3.63) is 241 Å². The minimum atomic E-state index is 0.101. The molecule has 8 rings (SSSR count). The molecule has 0 amide bonds. The molecule has 51 heavy (non-hydrogen) atoms. The Morgan fingerprint density at radius 3 is 0.804 bits per heavy atom. The second-order valence-electron chi connectivity index (χ2n) is 12.6. The molecule has 2 heteroatoms. The molecule has 0 aliphatic carbocycles. The Hall–Kier alpha value is -6.64. The van der Waals surface area contributed by atoms with Gasteiger partial charge in [-0.25, -0.2) is 0 Å². The largest absolute Gasteiger partial charge is 0.311 e. The average molecular weight is 655 g/mol. The summed E-state index contributed by atoms with van der Waals surface area (Å²) in [5.41, 5.74) is 12.9. The summed E-state index contributed by atoms with van der Waals surface area (Å²) in [4.78, 5) is 4.60. The van der Waals surface area contributed by atoms with Crippen molar-refractivity contribution in [3.8, 4) is 11.1 Å². The van der Waals surface area contributed by atoms with Crippen LogP contribution in [-0.4, -0.2) is 0 Å². The lowest BCUT2D eigenvalue weighted by atomic mass is 9.84. The van der Waals surface area contributed by atoms with Crippen LogP contribution < -0.4 is 9.80 Å². The van der Waals surface area contributed by atoms with E-state index in [0.29, 0.717) is 0 Å². The van der Waals surface area contributed by atoms with Gasteiger partial charge in [-0.2, -0.15) is 0 Å². The fraction of sp³-hybridized carbons (Fsp3) is 0.0204. The number of anilines is 6. The lowest BCUT2D eigenvalue weighted by Crippen LogP contribution is -2.10. The van der Waals surface area contributed by atoms with Crippen LogP contribution in [0.15, 0.2) is 224 Å². The maximum absolute atomic E-state index is 2.31. The highest BCUT2D eigenvalue weighted by atomic mass is 15.1. The van der Waals surface area contributed by atoms with Gasteiger partial charge in [0.15, 0.2) is 0 Å². The molecular weight excluding hydrogens is 617 g/mol. The summed E-state index contributed by atoms with van der Waals surface area (Å²) in [6.45, 7) is 0. The van der Waals surface area contributed by atoms with Gasteiger partial charge < -0.3 is 9.80 Å². The van der Waals surface area contributed by atoms with Crippen LogP contribution in [0.4, 0.5) is 34.1 Å². The number of para-hydroxylation sites is 4. The number of rotatable bonds is 10. The van der Waals surface area contributed by atoms with Crippen LogP contribution in [0.25, 0.3) is 11.1 Å². The highest BCUT2D eigenvalue weighted by Crippen LogP contribution is 2.39. The number of hydrogen-bond donors (Lipinski definition) is 0. The fourth-order valence-electron chi connectivity index (χ4n) is 6.91. The second kappa shape index (κ2) is 14.9. The van der Waals surface area contributed by atoms with Crippen molar-refractivity contribution >= 4 is 34.1 Å². The van der Waals surface area contributed by atoms with Gasteiger partial charge in [-0.1, -0.05) is 152 Å². The smallest absolute Gasteiger partial charge is 0.0462 e. The van der Waals surface area contributed by atoms with Gasteiger partial charge in [0.1, 0.15) is 0 Å². The van der Waals surface area contributed by atoms with Crippen LogP contribution in [0.5, 0.6) is 0 Å². The third-order valence-electron chi connectivity index (χ3n) is 9.38. The summed E-state index contributed by atoms with van der Waals surface area (Å²) in [5, 5.41) is 0. The summed E-state index contributed by atoms with van der Waals surface area (Å²) in [6.07, 6.45) is 0. The van der Waals surface area contributed by atoms with Crippen LogP contribution in [-0.2, 0) is 0 Å². The maximum atomic E-state index is 2.31. The summed E-state index contributed by atoms with van der Waals surface area (Å²) >= 11 is 0. The van der Waals surface area contributed by atoms with E-state index in [2.05, 4.69) is 234 Å². The molecule has 8 aromatic carbocycles. The third kappa shape index (κ3) is 6.94. The monoisotopic (exact) mass is 654 g/mol. The molecule has 0 bridgehead atoms. The fourth-order valence-corrected chi connectivity index (χ4v) is 6.91. The lowest BCUT2D eigenvalue weighted by molar-refractivity contribution is 0.977. The highest BCUT2D eigenvalue weighted by molar-refractivity contribution is 5.79. The van der Waals surface area contributed by atoms with E-state index >= 15 is 0 Å². The molecule has 0 aromatic heterocycles. The Bertz CT molecular complexity index is 2170. The van der Waals surface area contributed by atoms with Crippen molar-refractivity contribution < 1.29 is 0 Å². The topological polar surface area (TPSA) is 6.48 Å². The molecular formula is C49H38N2. The average Bonchev–Trinajstić information content (AvgIpc) is 3.21. The van der Waals surface area contributed by atoms with E-state index in [0.717, 1.165) is 34.1 Å². The second-order valence-corrected chi connectivity index (χ2v) is 12.6. The Balaban J connectivity index is 1.09. The van der Waals surface area contributed by atoms with Crippen LogP contribution in [0.2, 0.25) is 0 Å². The first-order valence-electron chi connectivity index (χ1n) is 17.5. The standard InChI is InChI=1S/C49H38N2/c1-6-16-40(17-7-1)49(42-32-36-48(37-33-42)51(45-22-12-4-13-23-45)46-24-14-5-15-25-46)41-28-26-38(27-29-41)39-30-34-47(35-31-39)50(43-18-8-2-9-19-43)44-20-10-3-11-21-44/h1-37,49H. The van der Waals surface area contributed by atoms with Crippen LogP contribution in [0.3, 0.4) is 0 Å². The summed E-state index contributed by atoms with van der Waals surface area (Å²) in [7, 11) is 0. The van der Waals surface area contributed by atoms with E-state index in [1.807, 2.05) is 0 Å². The molecule has 2 nitrogen and oxygen atoms in total. The van der Waals surface area contributed by atoms with Gasteiger partial charge in [-0.3, -0.25) is 0 Å². The third-order valence-corrected chi connectivity index (χ3v) is 9.38. The number of hydrogen-bond acceptors (Lipinski definition) is 2. The minimum Gasteiger partial charge on any atom is -0.311 e. The quantitative estimate of drug-likeness (QED) is 0.135. The Labute approximate surface area is 301 Å². The number of nitrogens with zero attached hydrogens (tertiary/aromatic N) is 2. The van der Waals surface area contributed by atoms with E-state index in [9.17, 15) is 0 Å². The summed E-state index contributed by atoms with van der Waals surface area (Å²) in [5.74, 6) is 0.101. The highest BCUT2D eigenvalue weighted by Gasteiger charge is 2.19. The van der Waals surface area contributed by atoms with E-state index in [1.54, 1.807) is 0 Å². The van der Waals surface area contributed by atoms with E-state index < -0.39 is 0 Å². The van der Waals surface area contributed by atoms with Crippen molar-refractivity contribution in [2.45, 2.75) is 5.92 Å². The molecule has 0 spiro atoms. The SMILES string of the molecule is c1ccc(C(c2ccc(-c3ccc(N(c4ccccc4)c4ccccc4)cc3)cc2)c2ccc(N(c3ccccc3)c3ccccc3)cc2)cc1. The van der Waals surface area contributed by atoms with Crippen LogP contribution in [0.1, 0.15) is 22.6 Å². The van der Waals surface area contributed by atoms with Gasteiger partial charge >= 0.3 is 0 Å². The van der Waals surface area contributed by atoms with Gasteiger partial charge in [-0.15, -0.1) is 0 Å². The van der Waals surface area contributed by atoms with Gasteiger partial charge in [-0.05, 0) is 101 Å². The summed E-state index contributed by atoms with van der Waals surface area (Å²) < 4.78 is 0. The predicted molar refractivity (Wildman–Crippen MR) is 215 cm³/mol. The van der Waals surface area contributed by atoms with Gasteiger partial charge in [0.05, 0.1) is 0 Å². The molecule has 1 atom stereocenters. The molecule has 244 valence electrons. The first-order valence-corrected chi connectivity index (χ1v) is 17.5. The lowest BCUT2D eigenvalue weighted by Gasteiger charge is -2.26. The van der Waals surface area contributed by atoms with Crippen molar-refractivity contribution in [2.75, 3.05) is 9.80 Å². The molecule has 0 aliphatic heterocycles. The molecule has 8 aromatic rings. The first-order chi connectivity index (χ1) is 25.3. The van der Waals surface area contributed by atoms with Gasteiger partial charge in [0, 0.05) is 40.0 Å². The molecule has 1 unspecified atom stereocenters. The molecule has 0 N–H and O–H groups in total. The van der Waals surface area contributed by atoms with E-state index in [1.165, 1.54) is 27.8 Å². The van der Waals surface area contributed by atoms with Crippen LogP contribution in [0, 0.1) is 0 Å². The molecule has 0 radical (unpaired) electrons. The number of benzene rings is 8. The predicted octanol–water partition coefficient (Wildman–Crippen LogP) is 13.5. The Morgan fingerprint density at radius 2 is 0.451 bits per heavy atom. The van der Waals surface area contributed by atoms with Crippen LogP contribution >= 0.6 is 0 Å². The Kier molecular flexibility index (Phi) is 9.21. The van der Waals surface area contributed by atoms with Crippen molar-refractivity contribution in [1.29, 1.82) is 0 Å². The zero-order valence-corrected chi connectivity index (χ0v) is 28.3. The van der Waals surface area contributed by atoms with Crippen molar-refractivity contribution in [3.63, 3.8) is 0 Å². The molecule has 0 saturated carbocycles. The van der Waals surface area contributed by atoms with Crippen molar-refractivity contribution in [1.82, 2.24) is 0 Å². The summed E-state index contributed by atoms with van der Waals surface area (Å²) in [6, 6.07) is 80.0. The first kappa shape index (κ1) is 31.6. The normalized spacial score (nSPS) is 11.5. The van der Waals surface area contributed by atoms with E-state index in [-0.39, 0.29) is 5.92 Å². The molecule has 0 saturated heterocycles.